The molecule has 4 nitrogen and oxygen atoms in total. The van der Waals surface area contributed by atoms with Gasteiger partial charge in [-0.3, -0.25) is 9.78 Å². The van der Waals surface area contributed by atoms with Crippen LogP contribution >= 0.6 is 0 Å². The molecule has 1 amide bonds. The molecule has 88 valence electrons. The van der Waals surface area contributed by atoms with Crippen LogP contribution in [0, 0.1) is 6.92 Å². The maximum absolute atomic E-state index is 11.6. The second kappa shape index (κ2) is 6.23. The number of rotatable bonds is 5. The summed E-state index contributed by atoms with van der Waals surface area (Å²) in [6.07, 6.45) is 2.84. The fourth-order valence-corrected chi connectivity index (χ4v) is 1.36. The van der Waals surface area contributed by atoms with E-state index in [0.29, 0.717) is 13.0 Å². The maximum Gasteiger partial charge on any atom is 0.226 e. The monoisotopic (exact) mass is 221 g/mol. The van der Waals surface area contributed by atoms with Gasteiger partial charge in [-0.05, 0) is 31.9 Å². The molecule has 4 heteroatoms. The summed E-state index contributed by atoms with van der Waals surface area (Å²) in [6.45, 7) is 4.51. The Kier molecular flexibility index (Phi) is 4.92. The Labute approximate surface area is 96.3 Å². The van der Waals surface area contributed by atoms with Crippen molar-refractivity contribution in [1.29, 1.82) is 0 Å². The first kappa shape index (κ1) is 12.6. The Hall–Kier alpha value is -1.42. The van der Waals surface area contributed by atoms with Gasteiger partial charge >= 0.3 is 0 Å². The van der Waals surface area contributed by atoms with E-state index in [1.807, 2.05) is 26.0 Å². The number of carbonyl (C=O) groups excluding carboxylic acids is 1. The molecule has 3 N–H and O–H groups in total. The molecule has 0 saturated heterocycles. The van der Waals surface area contributed by atoms with Gasteiger partial charge in [-0.15, -0.1) is 0 Å². The highest BCUT2D eigenvalue weighted by Gasteiger charge is 2.06. The van der Waals surface area contributed by atoms with Crippen LogP contribution in [0.5, 0.6) is 0 Å². The molecule has 0 aliphatic rings. The molecule has 0 aromatic carbocycles. The van der Waals surface area contributed by atoms with Crippen LogP contribution < -0.4 is 11.1 Å². The number of hydrogen-bond donors (Lipinski definition) is 2. The van der Waals surface area contributed by atoms with Gasteiger partial charge < -0.3 is 11.1 Å². The van der Waals surface area contributed by atoms with Crippen molar-refractivity contribution >= 4 is 5.91 Å². The number of amides is 1. The van der Waals surface area contributed by atoms with Gasteiger partial charge in [0.25, 0.3) is 0 Å². The normalized spacial score (nSPS) is 12.2. The van der Waals surface area contributed by atoms with Gasteiger partial charge in [-0.25, -0.2) is 0 Å². The molecule has 1 rings (SSSR count). The molecule has 0 radical (unpaired) electrons. The molecule has 1 unspecified atom stereocenters. The molecule has 0 aliphatic carbocycles. The molecular weight excluding hydrogens is 202 g/mol. The van der Waals surface area contributed by atoms with Gasteiger partial charge in [0.2, 0.25) is 5.91 Å². The Balaban J connectivity index is 2.37. The average molecular weight is 221 g/mol. The van der Waals surface area contributed by atoms with Crippen molar-refractivity contribution in [3.8, 4) is 0 Å². The third-order valence-electron chi connectivity index (χ3n) is 2.37. The fourth-order valence-electron chi connectivity index (χ4n) is 1.36. The van der Waals surface area contributed by atoms with E-state index < -0.39 is 0 Å². The summed E-state index contributed by atoms with van der Waals surface area (Å²) in [4.78, 5) is 15.7. The van der Waals surface area contributed by atoms with E-state index in [9.17, 15) is 4.79 Å². The van der Waals surface area contributed by atoms with Crippen LogP contribution in [-0.2, 0) is 11.2 Å². The Bertz CT molecular complexity index is 350. The third-order valence-corrected chi connectivity index (χ3v) is 2.37. The molecule has 1 heterocycles. The molecule has 0 fully saturated rings. The van der Waals surface area contributed by atoms with E-state index in [0.717, 1.165) is 17.7 Å². The van der Waals surface area contributed by atoms with Crippen molar-refractivity contribution in [2.24, 2.45) is 5.73 Å². The highest BCUT2D eigenvalue weighted by molar-refractivity contribution is 5.78. The second-order valence-corrected chi connectivity index (χ2v) is 4.06. The molecule has 0 spiro atoms. The second-order valence-electron chi connectivity index (χ2n) is 4.06. The number of aromatic nitrogens is 1. The van der Waals surface area contributed by atoms with Crippen LogP contribution in [0.1, 0.15) is 24.6 Å². The SMILES string of the molecule is Cc1cccnc1CC(=O)NCCC(C)N. The molecule has 1 aromatic rings. The van der Waals surface area contributed by atoms with Crippen molar-refractivity contribution in [3.05, 3.63) is 29.6 Å². The van der Waals surface area contributed by atoms with Crippen molar-refractivity contribution in [1.82, 2.24) is 10.3 Å². The lowest BCUT2D eigenvalue weighted by Gasteiger charge is -2.08. The van der Waals surface area contributed by atoms with Crippen molar-refractivity contribution in [2.45, 2.75) is 32.7 Å². The summed E-state index contributed by atoms with van der Waals surface area (Å²) in [5, 5.41) is 2.83. The lowest BCUT2D eigenvalue weighted by atomic mass is 10.1. The van der Waals surface area contributed by atoms with Crippen molar-refractivity contribution < 1.29 is 4.79 Å². The minimum Gasteiger partial charge on any atom is -0.356 e. The predicted octanol–water partition coefficient (Wildman–Crippen LogP) is 0.786. The lowest BCUT2D eigenvalue weighted by molar-refractivity contribution is -0.120. The van der Waals surface area contributed by atoms with Crippen LogP contribution in [0.3, 0.4) is 0 Å². The van der Waals surface area contributed by atoms with Gasteiger partial charge in [0, 0.05) is 18.8 Å². The summed E-state index contributed by atoms with van der Waals surface area (Å²) >= 11 is 0. The van der Waals surface area contributed by atoms with Gasteiger partial charge in [0.1, 0.15) is 0 Å². The maximum atomic E-state index is 11.6. The van der Waals surface area contributed by atoms with Gasteiger partial charge in [0.05, 0.1) is 12.1 Å². The highest BCUT2D eigenvalue weighted by atomic mass is 16.1. The lowest BCUT2D eigenvalue weighted by Crippen LogP contribution is -2.30. The zero-order valence-corrected chi connectivity index (χ0v) is 9.86. The number of hydrogen-bond acceptors (Lipinski definition) is 3. The van der Waals surface area contributed by atoms with Crippen LogP contribution in [0.25, 0.3) is 0 Å². The highest BCUT2D eigenvalue weighted by Crippen LogP contribution is 2.03. The number of nitrogens with zero attached hydrogens (tertiary/aromatic N) is 1. The number of aryl methyl sites for hydroxylation is 1. The van der Waals surface area contributed by atoms with Crippen LogP contribution in [0.15, 0.2) is 18.3 Å². The molecule has 1 atom stereocenters. The molecule has 16 heavy (non-hydrogen) atoms. The minimum absolute atomic E-state index is 0.00227. The first-order chi connectivity index (χ1) is 7.59. The number of pyridine rings is 1. The molecular formula is C12H19N3O. The van der Waals surface area contributed by atoms with E-state index in [1.165, 1.54) is 0 Å². The zero-order chi connectivity index (χ0) is 12.0. The number of carbonyl (C=O) groups is 1. The Morgan fingerprint density at radius 3 is 3.00 bits per heavy atom. The Morgan fingerprint density at radius 2 is 2.38 bits per heavy atom. The van der Waals surface area contributed by atoms with Crippen LogP contribution in [0.4, 0.5) is 0 Å². The fraction of sp³-hybridized carbons (Fsp3) is 0.500. The number of nitrogens with one attached hydrogen (secondary N) is 1. The summed E-state index contributed by atoms with van der Waals surface area (Å²) in [5.41, 5.74) is 7.47. The van der Waals surface area contributed by atoms with E-state index in [-0.39, 0.29) is 11.9 Å². The van der Waals surface area contributed by atoms with Crippen LogP contribution in [0.2, 0.25) is 0 Å². The molecule has 0 bridgehead atoms. The predicted molar refractivity (Wildman–Crippen MR) is 64.0 cm³/mol. The van der Waals surface area contributed by atoms with E-state index in [1.54, 1.807) is 6.20 Å². The van der Waals surface area contributed by atoms with Gasteiger partial charge in [-0.2, -0.15) is 0 Å². The summed E-state index contributed by atoms with van der Waals surface area (Å²) < 4.78 is 0. The topological polar surface area (TPSA) is 68.0 Å². The molecule has 0 saturated carbocycles. The average Bonchev–Trinajstić information content (AvgIpc) is 2.21. The third kappa shape index (κ3) is 4.40. The quantitative estimate of drug-likeness (QED) is 0.772. The standard InChI is InChI=1S/C12H19N3O/c1-9-4-3-6-14-11(9)8-12(16)15-7-5-10(2)13/h3-4,6,10H,5,7-8,13H2,1-2H3,(H,15,16). The first-order valence-electron chi connectivity index (χ1n) is 5.52. The van der Waals surface area contributed by atoms with E-state index >= 15 is 0 Å². The van der Waals surface area contributed by atoms with Crippen molar-refractivity contribution in [3.63, 3.8) is 0 Å². The summed E-state index contributed by atoms with van der Waals surface area (Å²) in [6, 6.07) is 3.95. The largest absolute Gasteiger partial charge is 0.356 e. The van der Waals surface area contributed by atoms with E-state index in [4.69, 9.17) is 5.73 Å². The first-order valence-corrected chi connectivity index (χ1v) is 5.52. The van der Waals surface area contributed by atoms with E-state index in [2.05, 4.69) is 10.3 Å². The Morgan fingerprint density at radius 1 is 1.62 bits per heavy atom. The minimum atomic E-state index is 0.00227. The van der Waals surface area contributed by atoms with Gasteiger partial charge in [-0.1, -0.05) is 6.07 Å². The van der Waals surface area contributed by atoms with Crippen LogP contribution in [-0.4, -0.2) is 23.5 Å². The molecule has 1 aromatic heterocycles. The zero-order valence-electron chi connectivity index (χ0n) is 9.86. The molecule has 0 aliphatic heterocycles. The number of nitrogens with two attached hydrogens (primary N) is 1. The van der Waals surface area contributed by atoms with Gasteiger partial charge in [0.15, 0.2) is 0 Å². The summed E-state index contributed by atoms with van der Waals surface area (Å²) in [7, 11) is 0. The smallest absolute Gasteiger partial charge is 0.226 e. The van der Waals surface area contributed by atoms with Crippen molar-refractivity contribution in [2.75, 3.05) is 6.54 Å². The summed E-state index contributed by atoms with van der Waals surface area (Å²) in [5.74, 6) is 0.00227.